The van der Waals surface area contributed by atoms with E-state index in [-0.39, 0.29) is 16.9 Å². The van der Waals surface area contributed by atoms with Crippen LogP contribution in [0.15, 0.2) is 24.3 Å². The molecule has 1 fully saturated rings. The first kappa shape index (κ1) is 14.6. The van der Waals surface area contributed by atoms with Crippen LogP contribution in [0.1, 0.15) is 50.7 Å². The molecule has 0 saturated carbocycles. The normalized spacial score (nSPS) is 31.1. The van der Waals surface area contributed by atoms with Crippen LogP contribution in [-0.4, -0.2) is 24.7 Å². The van der Waals surface area contributed by atoms with Crippen LogP contribution in [-0.2, 0) is 21.4 Å². The van der Waals surface area contributed by atoms with Gasteiger partial charge in [0.25, 0.3) is 0 Å². The molecule has 0 spiro atoms. The van der Waals surface area contributed by atoms with Gasteiger partial charge in [0.05, 0.1) is 13.0 Å². The van der Waals surface area contributed by atoms with E-state index in [0.29, 0.717) is 13.0 Å². The minimum atomic E-state index is -0.119. The van der Waals surface area contributed by atoms with Gasteiger partial charge < -0.3 is 10.1 Å². The molecule has 21 heavy (non-hydrogen) atoms. The summed E-state index contributed by atoms with van der Waals surface area (Å²) < 4.78 is 5.28. The third-order valence-corrected chi connectivity index (χ3v) is 5.53. The van der Waals surface area contributed by atoms with Crippen LogP contribution >= 0.6 is 0 Å². The predicted octanol–water partition coefficient (Wildman–Crippen LogP) is 2.97. The minimum Gasteiger partial charge on any atom is -0.466 e. The van der Waals surface area contributed by atoms with E-state index in [0.717, 1.165) is 32.2 Å². The number of hydrogen-bond donors (Lipinski definition) is 1. The third-order valence-electron chi connectivity index (χ3n) is 5.53. The van der Waals surface area contributed by atoms with Crippen molar-refractivity contribution in [2.45, 2.75) is 56.9 Å². The van der Waals surface area contributed by atoms with Crippen LogP contribution in [0.3, 0.4) is 0 Å². The Morgan fingerprint density at radius 1 is 1.33 bits per heavy atom. The van der Waals surface area contributed by atoms with E-state index < -0.39 is 0 Å². The van der Waals surface area contributed by atoms with E-state index in [9.17, 15) is 4.79 Å². The second-order valence-electron chi connectivity index (χ2n) is 6.58. The average molecular weight is 287 g/mol. The maximum atomic E-state index is 12.3. The lowest BCUT2D eigenvalue weighted by atomic mass is 9.54. The summed E-state index contributed by atoms with van der Waals surface area (Å²) in [5, 5.41) is 3.72. The molecular formula is C18H25NO2. The maximum Gasteiger partial charge on any atom is 0.306 e. The van der Waals surface area contributed by atoms with Crippen molar-refractivity contribution < 1.29 is 9.53 Å². The van der Waals surface area contributed by atoms with Crippen LogP contribution in [0.2, 0.25) is 0 Å². The van der Waals surface area contributed by atoms with Crippen LogP contribution in [0.25, 0.3) is 0 Å². The van der Waals surface area contributed by atoms with Gasteiger partial charge in [-0.1, -0.05) is 24.3 Å². The number of esters is 1. The number of benzene rings is 1. The van der Waals surface area contributed by atoms with Gasteiger partial charge in [0, 0.05) is 11.0 Å². The first-order chi connectivity index (χ1) is 10.1. The molecule has 1 aromatic carbocycles. The molecule has 2 aliphatic rings. The van der Waals surface area contributed by atoms with E-state index in [1.54, 1.807) is 0 Å². The molecule has 1 aromatic rings. The first-order valence-corrected chi connectivity index (χ1v) is 8.10. The smallest absolute Gasteiger partial charge is 0.306 e. The Bertz CT molecular complexity index is 542. The Labute approximate surface area is 127 Å². The quantitative estimate of drug-likeness (QED) is 0.869. The number of carbonyl (C=O) groups is 1. The number of rotatable bonds is 3. The van der Waals surface area contributed by atoms with Crippen LogP contribution in [0, 0.1) is 0 Å². The van der Waals surface area contributed by atoms with Gasteiger partial charge in [-0.25, -0.2) is 0 Å². The van der Waals surface area contributed by atoms with Gasteiger partial charge in [-0.05, 0) is 57.2 Å². The molecule has 0 aromatic heterocycles. The molecule has 1 N–H and O–H groups in total. The molecule has 0 bridgehead atoms. The fourth-order valence-corrected chi connectivity index (χ4v) is 4.39. The number of piperidine rings is 1. The molecule has 3 heteroatoms. The SMILES string of the molecule is CCOC(=O)C[C@@]12CCCN[C@@]1(C)CCc1ccccc12. The Balaban J connectivity index is 2.06. The Hall–Kier alpha value is -1.35. The second-order valence-corrected chi connectivity index (χ2v) is 6.58. The highest BCUT2D eigenvalue weighted by Crippen LogP contribution is 2.51. The van der Waals surface area contributed by atoms with Crippen molar-refractivity contribution in [1.29, 1.82) is 0 Å². The second kappa shape index (κ2) is 5.45. The highest BCUT2D eigenvalue weighted by Gasteiger charge is 2.54. The van der Waals surface area contributed by atoms with E-state index in [4.69, 9.17) is 4.74 Å². The van der Waals surface area contributed by atoms with Gasteiger partial charge in [-0.15, -0.1) is 0 Å². The zero-order valence-corrected chi connectivity index (χ0v) is 13.1. The molecular weight excluding hydrogens is 262 g/mol. The molecule has 0 amide bonds. The van der Waals surface area contributed by atoms with Crippen molar-refractivity contribution in [3.63, 3.8) is 0 Å². The van der Waals surface area contributed by atoms with Crippen molar-refractivity contribution >= 4 is 5.97 Å². The van der Waals surface area contributed by atoms with Crippen LogP contribution in [0.5, 0.6) is 0 Å². The van der Waals surface area contributed by atoms with Gasteiger partial charge in [-0.2, -0.15) is 0 Å². The predicted molar refractivity (Wildman–Crippen MR) is 83.3 cm³/mol. The Kier molecular flexibility index (Phi) is 3.78. The number of carbonyl (C=O) groups excluding carboxylic acids is 1. The molecule has 1 heterocycles. The number of nitrogens with one attached hydrogen (secondary N) is 1. The highest BCUT2D eigenvalue weighted by atomic mass is 16.5. The number of fused-ring (bicyclic) bond motifs is 3. The van der Waals surface area contributed by atoms with Crippen molar-refractivity contribution in [1.82, 2.24) is 5.32 Å². The summed E-state index contributed by atoms with van der Waals surface area (Å²) in [5.41, 5.74) is 2.64. The Morgan fingerprint density at radius 2 is 2.14 bits per heavy atom. The fraction of sp³-hybridized carbons (Fsp3) is 0.611. The van der Waals surface area contributed by atoms with E-state index >= 15 is 0 Å². The standard InChI is InChI=1S/C18H25NO2/c1-3-21-16(20)13-18-10-6-12-19-17(18,2)11-9-14-7-4-5-8-15(14)18/h4-5,7-8,19H,3,6,9-13H2,1-2H3/t17-,18+/m0/s1. The third kappa shape index (κ3) is 2.28. The molecule has 0 radical (unpaired) electrons. The van der Waals surface area contributed by atoms with Gasteiger partial charge in [0.2, 0.25) is 0 Å². The summed E-state index contributed by atoms with van der Waals surface area (Å²) in [4.78, 5) is 12.3. The number of ether oxygens (including phenoxy) is 1. The fourth-order valence-electron chi connectivity index (χ4n) is 4.39. The van der Waals surface area contributed by atoms with Crippen molar-refractivity contribution in [2.24, 2.45) is 0 Å². The maximum absolute atomic E-state index is 12.3. The monoisotopic (exact) mass is 287 g/mol. The zero-order chi connectivity index (χ0) is 14.9. The van der Waals surface area contributed by atoms with Crippen molar-refractivity contribution in [2.75, 3.05) is 13.2 Å². The lowest BCUT2D eigenvalue weighted by Gasteiger charge is -2.56. The molecule has 1 aliphatic carbocycles. The van der Waals surface area contributed by atoms with Crippen molar-refractivity contribution in [3.05, 3.63) is 35.4 Å². The van der Waals surface area contributed by atoms with Gasteiger partial charge in [-0.3, -0.25) is 4.79 Å². The molecule has 2 atom stereocenters. The molecule has 0 unspecified atom stereocenters. The van der Waals surface area contributed by atoms with E-state index in [2.05, 4.69) is 36.5 Å². The highest BCUT2D eigenvalue weighted by molar-refractivity contribution is 5.72. The van der Waals surface area contributed by atoms with E-state index in [1.807, 2.05) is 6.92 Å². The van der Waals surface area contributed by atoms with Gasteiger partial charge >= 0.3 is 5.97 Å². The first-order valence-electron chi connectivity index (χ1n) is 8.10. The topological polar surface area (TPSA) is 38.3 Å². The van der Waals surface area contributed by atoms with Gasteiger partial charge in [0.1, 0.15) is 0 Å². The lowest BCUT2D eigenvalue weighted by molar-refractivity contribution is -0.146. The average Bonchev–Trinajstić information content (AvgIpc) is 2.48. The van der Waals surface area contributed by atoms with Gasteiger partial charge in [0.15, 0.2) is 0 Å². The summed E-state index contributed by atoms with van der Waals surface area (Å²) >= 11 is 0. The molecule has 3 rings (SSSR count). The van der Waals surface area contributed by atoms with Crippen LogP contribution < -0.4 is 5.32 Å². The molecule has 1 aliphatic heterocycles. The molecule has 1 saturated heterocycles. The number of hydrogen-bond acceptors (Lipinski definition) is 3. The molecule has 3 nitrogen and oxygen atoms in total. The summed E-state index contributed by atoms with van der Waals surface area (Å²) in [6, 6.07) is 8.65. The minimum absolute atomic E-state index is 0.00757. The van der Waals surface area contributed by atoms with Crippen molar-refractivity contribution in [3.8, 4) is 0 Å². The lowest BCUT2D eigenvalue weighted by Crippen LogP contribution is -2.64. The summed E-state index contributed by atoms with van der Waals surface area (Å²) in [6.07, 6.45) is 4.84. The summed E-state index contributed by atoms with van der Waals surface area (Å²) in [6.45, 7) is 5.67. The zero-order valence-electron chi connectivity index (χ0n) is 13.1. The van der Waals surface area contributed by atoms with E-state index in [1.165, 1.54) is 11.1 Å². The Morgan fingerprint density at radius 3 is 2.95 bits per heavy atom. The largest absolute Gasteiger partial charge is 0.466 e. The molecule has 114 valence electrons. The summed E-state index contributed by atoms with van der Waals surface area (Å²) in [5.74, 6) is -0.0656. The number of aryl methyl sites for hydroxylation is 1. The van der Waals surface area contributed by atoms with Crippen LogP contribution in [0.4, 0.5) is 0 Å². The summed E-state index contributed by atoms with van der Waals surface area (Å²) in [7, 11) is 0.